The van der Waals surface area contributed by atoms with Crippen LogP contribution in [-0.4, -0.2) is 68.1 Å². The van der Waals surface area contributed by atoms with Gasteiger partial charge in [0.2, 0.25) is 17.7 Å². The number of carbonyl (C=O) groups excluding carboxylic acids is 2. The number of anilines is 1. The number of fused-ring (bicyclic) bond motifs is 3. The number of aromatic nitrogens is 2. The Morgan fingerprint density at radius 3 is 2.59 bits per heavy atom. The van der Waals surface area contributed by atoms with Crippen molar-refractivity contribution in [1.82, 2.24) is 14.9 Å². The Balaban J connectivity index is 1.32. The number of ether oxygens (including phenoxy) is 2. The first-order valence-electron chi connectivity index (χ1n) is 13.0. The van der Waals surface area contributed by atoms with Crippen LogP contribution in [0.3, 0.4) is 0 Å². The molecule has 212 valence electrons. The molecule has 1 atom stereocenters. The molecule has 0 saturated carbocycles. The molecule has 1 unspecified atom stereocenters. The molecule has 1 saturated heterocycles. The maximum atomic E-state index is 13.7. The molecule has 41 heavy (non-hydrogen) atoms. The van der Waals surface area contributed by atoms with Gasteiger partial charge in [-0.3, -0.25) is 9.59 Å². The van der Waals surface area contributed by atoms with Gasteiger partial charge in [-0.05, 0) is 54.4 Å². The van der Waals surface area contributed by atoms with Crippen LogP contribution in [0.15, 0.2) is 59.5 Å². The summed E-state index contributed by atoms with van der Waals surface area (Å²) in [6.45, 7) is 3.10. The molecule has 2 aromatic heterocycles. The number of pyridine rings is 1. The molecule has 2 amide bonds. The summed E-state index contributed by atoms with van der Waals surface area (Å²) in [5, 5.41) is 0.663. The molecule has 0 radical (unpaired) electrons. The second-order valence-corrected chi connectivity index (χ2v) is 13.5. The first-order valence-corrected chi connectivity index (χ1v) is 15.7. The van der Waals surface area contributed by atoms with Crippen molar-refractivity contribution < 1.29 is 27.5 Å². The molecule has 10 nitrogen and oxygen atoms in total. The van der Waals surface area contributed by atoms with E-state index >= 15 is 0 Å². The van der Waals surface area contributed by atoms with Gasteiger partial charge in [0.15, 0.2) is 9.84 Å². The molecule has 0 aliphatic carbocycles. The second kappa shape index (κ2) is 10.1. The highest BCUT2D eigenvalue weighted by Gasteiger charge is 2.49. The minimum atomic E-state index is -3.39. The number of amides is 2. The number of benzene rings is 2. The lowest BCUT2D eigenvalue weighted by Crippen LogP contribution is -2.40. The summed E-state index contributed by atoms with van der Waals surface area (Å²) < 4.78 is 35.3. The third kappa shape index (κ3) is 5.13. The average molecular weight is 593 g/mol. The Kier molecular flexibility index (Phi) is 6.69. The van der Waals surface area contributed by atoms with E-state index in [1.807, 2.05) is 23.1 Å². The molecule has 6 rings (SSSR count). The number of hydrogen-bond donors (Lipinski definition) is 0. The van der Waals surface area contributed by atoms with Gasteiger partial charge in [-0.2, -0.15) is 0 Å². The lowest BCUT2D eigenvalue weighted by atomic mass is 9.81. The average Bonchev–Trinajstić information content (AvgIpc) is 3.64. The van der Waals surface area contributed by atoms with Gasteiger partial charge in [0, 0.05) is 50.0 Å². The molecule has 4 aromatic rings. The van der Waals surface area contributed by atoms with Crippen LogP contribution < -0.4 is 14.4 Å². The van der Waals surface area contributed by atoms with Gasteiger partial charge in [0.1, 0.15) is 26.9 Å². The fourth-order valence-corrected chi connectivity index (χ4v) is 7.16. The third-order valence-electron chi connectivity index (χ3n) is 7.65. The zero-order chi connectivity index (χ0) is 28.9. The van der Waals surface area contributed by atoms with E-state index in [1.54, 1.807) is 43.2 Å². The van der Waals surface area contributed by atoms with E-state index in [0.29, 0.717) is 58.8 Å². The zero-order valence-corrected chi connectivity index (χ0v) is 24.4. The molecule has 2 aromatic carbocycles. The first-order chi connectivity index (χ1) is 19.5. The smallest absolute Gasteiger partial charge is 0.233 e. The van der Waals surface area contributed by atoms with E-state index in [0.717, 1.165) is 17.5 Å². The van der Waals surface area contributed by atoms with Crippen molar-refractivity contribution in [3.8, 4) is 17.4 Å². The molecular weight excluding hydrogens is 564 g/mol. The number of thiazole rings is 1. The monoisotopic (exact) mass is 592 g/mol. The Morgan fingerprint density at radius 1 is 1.05 bits per heavy atom. The number of rotatable bonds is 6. The molecule has 1 spiro atoms. The van der Waals surface area contributed by atoms with Crippen LogP contribution in [0.4, 0.5) is 5.69 Å². The van der Waals surface area contributed by atoms with E-state index in [4.69, 9.17) is 9.47 Å². The summed E-state index contributed by atoms with van der Waals surface area (Å²) in [4.78, 5) is 39.5. The van der Waals surface area contributed by atoms with Gasteiger partial charge in [-0.15, -0.1) is 0 Å². The van der Waals surface area contributed by atoms with Crippen molar-refractivity contribution in [3.63, 3.8) is 0 Å². The van der Waals surface area contributed by atoms with Gasteiger partial charge in [-0.1, -0.05) is 17.4 Å². The summed E-state index contributed by atoms with van der Waals surface area (Å²) in [6, 6.07) is 15.5. The Labute approximate surface area is 241 Å². The van der Waals surface area contributed by atoms with Crippen LogP contribution in [0.5, 0.6) is 17.4 Å². The summed E-state index contributed by atoms with van der Waals surface area (Å²) in [7, 11) is -1.84. The SMILES string of the molecule is COc1ccc2nc(CC(=O)N3CC4(CCN(C(C)=O)C4)c4cc(Oc5cccc(S(C)(=O)=O)c5)ccc43)sc2n1. The van der Waals surface area contributed by atoms with Crippen LogP contribution in [0.2, 0.25) is 0 Å². The van der Waals surface area contributed by atoms with E-state index < -0.39 is 15.3 Å². The van der Waals surface area contributed by atoms with Gasteiger partial charge < -0.3 is 19.3 Å². The number of nitrogens with zero attached hydrogens (tertiary/aromatic N) is 4. The Bertz CT molecular complexity index is 1800. The van der Waals surface area contributed by atoms with Gasteiger partial charge in [0.25, 0.3) is 0 Å². The summed E-state index contributed by atoms with van der Waals surface area (Å²) in [5.41, 5.74) is 1.99. The molecule has 0 N–H and O–H groups in total. The summed E-state index contributed by atoms with van der Waals surface area (Å²) in [6.07, 6.45) is 1.98. The van der Waals surface area contributed by atoms with Crippen molar-refractivity contribution in [3.05, 3.63) is 65.2 Å². The highest BCUT2D eigenvalue weighted by Crippen LogP contribution is 2.48. The van der Waals surface area contributed by atoms with E-state index in [2.05, 4.69) is 9.97 Å². The molecular formula is C29H28N4O6S2. The van der Waals surface area contributed by atoms with E-state index in [9.17, 15) is 18.0 Å². The van der Waals surface area contributed by atoms with Crippen LogP contribution in [0.1, 0.15) is 23.9 Å². The van der Waals surface area contributed by atoms with Crippen molar-refractivity contribution in [2.45, 2.75) is 30.1 Å². The van der Waals surface area contributed by atoms with Gasteiger partial charge in [-0.25, -0.2) is 18.4 Å². The van der Waals surface area contributed by atoms with Crippen molar-refractivity contribution in [2.24, 2.45) is 0 Å². The number of sulfone groups is 1. The minimum Gasteiger partial charge on any atom is -0.481 e. The predicted octanol–water partition coefficient (Wildman–Crippen LogP) is 3.98. The molecule has 0 bridgehead atoms. The van der Waals surface area contributed by atoms with Crippen LogP contribution >= 0.6 is 11.3 Å². The lowest BCUT2D eigenvalue weighted by molar-refractivity contribution is -0.127. The minimum absolute atomic E-state index is 0.00407. The summed E-state index contributed by atoms with van der Waals surface area (Å²) >= 11 is 1.36. The number of carbonyl (C=O) groups is 2. The highest BCUT2D eigenvalue weighted by molar-refractivity contribution is 7.90. The number of methoxy groups -OCH3 is 1. The van der Waals surface area contributed by atoms with Gasteiger partial charge in [0.05, 0.1) is 18.4 Å². The Hall–Kier alpha value is -4.03. The second-order valence-electron chi connectivity index (χ2n) is 10.4. The van der Waals surface area contributed by atoms with Crippen LogP contribution in [-0.2, 0) is 31.3 Å². The standard InChI is InChI=1S/C29H28N4O6S2/c1-18(34)32-12-11-29(16-32)17-33(27(35)15-26-30-23-8-10-25(38-2)31-28(23)40-26)24-9-7-20(14-22(24)29)39-19-5-4-6-21(13-19)41(3,36)37/h4-10,13-14H,11-12,15-17H2,1-3H3. The van der Waals surface area contributed by atoms with Crippen LogP contribution in [0.25, 0.3) is 10.3 Å². The largest absolute Gasteiger partial charge is 0.481 e. The normalized spacial score (nSPS) is 18.2. The van der Waals surface area contributed by atoms with Gasteiger partial charge >= 0.3 is 0 Å². The van der Waals surface area contributed by atoms with Crippen molar-refractivity contribution >= 4 is 49.0 Å². The molecule has 4 heterocycles. The maximum Gasteiger partial charge on any atom is 0.233 e. The molecule has 1 fully saturated rings. The van der Waals surface area contributed by atoms with Crippen LogP contribution in [0, 0.1) is 0 Å². The third-order valence-corrected chi connectivity index (χ3v) is 9.72. The number of hydrogen-bond acceptors (Lipinski definition) is 9. The highest BCUT2D eigenvalue weighted by atomic mass is 32.2. The quantitative estimate of drug-likeness (QED) is 0.330. The summed E-state index contributed by atoms with van der Waals surface area (Å²) in [5.74, 6) is 1.31. The zero-order valence-electron chi connectivity index (χ0n) is 22.8. The Morgan fingerprint density at radius 2 is 1.85 bits per heavy atom. The first kappa shape index (κ1) is 27.2. The van der Waals surface area contributed by atoms with E-state index in [-0.39, 0.29) is 23.1 Å². The fraction of sp³-hybridized carbons (Fsp3) is 0.310. The molecule has 2 aliphatic rings. The van der Waals surface area contributed by atoms with Crippen molar-refractivity contribution in [2.75, 3.05) is 37.9 Å². The predicted molar refractivity (Wildman–Crippen MR) is 155 cm³/mol. The fourth-order valence-electron chi connectivity index (χ4n) is 5.59. The topological polar surface area (TPSA) is 119 Å². The lowest BCUT2D eigenvalue weighted by Gasteiger charge is -2.25. The maximum absolute atomic E-state index is 13.7. The molecule has 2 aliphatic heterocycles. The molecule has 12 heteroatoms. The van der Waals surface area contributed by atoms with Crippen molar-refractivity contribution in [1.29, 1.82) is 0 Å². The van der Waals surface area contributed by atoms with E-state index in [1.165, 1.54) is 23.5 Å². The number of likely N-dealkylation sites (tertiary alicyclic amines) is 1.